The number of aryl methyl sites for hydroxylation is 1. The van der Waals surface area contributed by atoms with Crippen LogP contribution in [0.2, 0.25) is 5.02 Å². The molecule has 10 heteroatoms. The Balaban J connectivity index is 2.47. The van der Waals surface area contributed by atoms with Crippen molar-refractivity contribution in [2.75, 3.05) is 30.8 Å². The monoisotopic (exact) mass is 509 g/mol. The van der Waals surface area contributed by atoms with E-state index in [1.807, 2.05) is 13.0 Å². The van der Waals surface area contributed by atoms with E-state index in [0.29, 0.717) is 35.0 Å². The van der Waals surface area contributed by atoms with Crippen LogP contribution < -0.4 is 14.4 Å². The van der Waals surface area contributed by atoms with Crippen LogP contribution in [0.15, 0.2) is 42.5 Å². The Kier molecular flexibility index (Phi) is 9.76. The van der Waals surface area contributed by atoms with E-state index < -0.39 is 28.5 Å². The van der Waals surface area contributed by atoms with E-state index in [2.05, 4.69) is 5.32 Å². The maximum Gasteiger partial charge on any atom is 0.244 e. The zero-order valence-corrected chi connectivity index (χ0v) is 21.7. The predicted octanol–water partition coefficient (Wildman–Crippen LogP) is 3.37. The topological polar surface area (TPSA) is 96.0 Å². The van der Waals surface area contributed by atoms with Crippen LogP contribution in [-0.2, 0) is 26.2 Å². The van der Waals surface area contributed by atoms with Gasteiger partial charge in [-0.25, -0.2) is 8.42 Å². The standard InChI is InChI=1S/C24H32ClN3O5S/c1-6-21(24(30)26-7-2)27(15-18-9-8-10-20(14-18)33-4)23(29)16-28(34(5,31)32)22-12-11-19(25)13-17(22)3/h8-14,21H,6-7,15-16H2,1-5H3,(H,26,30)/t21-/m1/s1. The van der Waals surface area contributed by atoms with Crippen molar-refractivity contribution >= 4 is 39.1 Å². The summed E-state index contributed by atoms with van der Waals surface area (Å²) < 4.78 is 31.7. The molecule has 34 heavy (non-hydrogen) atoms. The summed E-state index contributed by atoms with van der Waals surface area (Å²) in [5.74, 6) is -0.180. The van der Waals surface area contributed by atoms with Gasteiger partial charge in [-0.05, 0) is 61.7 Å². The summed E-state index contributed by atoms with van der Waals surface area (Å²) in [7, 11) is -2.26. The Morgan fingerprint density at radius 3 is 2.41 bits per heavy atom. The van der Waals surface area contributed by atoms with Gasteiger partial charge in [-0.1, -0.05) is 30.7 Å². The highest BCUT2D eigenvalue weighted by atomic mass is 35.5. The fourth-order valence-corrected chi connectivity index (χ4v) is 4.81. The molecule has 2 amide bonds. The minimum Gasteiger partial charge on any atom is -0.497 e. The van der Waals surface area contributed by atoms with E-state index in [1.165, 1.54) is 4.90 Å². The molecule has 1 atom stereocenters. The molecule has 0 spiro atoms. The van der Waals surface area contributed by atoms with Crippen molar-refractivity contribution in [2.45, 2.75) is 39.8 Å². The second kappa shape index (κ2) is 12.1. The molecule has 2 aromatic carbocycles. The van der Waals surface area contributed by atoms with Gasteiger partial charge in [-0.2, -0.15) is 0 Å². The number of amides is 2. The first-order valence-corrected chi connectivity index (χ1v) is 13.2. The Bertz CT molecular complexity index is 1120. The molecule has 0 fully saturated rings. The summed E-state index contributed by atoms with van der Waals surface area (Å²) in [5, 5.41) is 3.23. The fraction of sp³-hybridized carbons (Fsp3) is 0.417. The van der Waals surface area contributed by atoms with Crippen LogP contribution in [0.1, 0.15) is 31.4 Å². The molecule has 2 rings (SSSR count). The molecule has 0 unspecified atom stereocenters. The van der Waals surface area contributed by atoms with E-state index in [4.69, 9.17) is 16.3 Å². The molecule has 0 aromatic heterocycles. The zero-order valence-electron chi connectivity index (χ0n) is 20.2. The van der Waals surface area contributed by atoms with Crippen molar-refractivity contribution in [3.63, 3.8) is 0 Å². The summed E-state index contributed by atoms with van der Waals surface area (Å²) in [6, 6.07) is 11.2. The van der Waals surface area contributed by atoms with Crippen molar-refractivity contribution in [1.82, 2.24) is 10.2 Å². The molecule has 0 aliphatic heterocycles. The molecule has 8 nitrogen and oxygen atoms in total. The van der Waals surface area contributed by atoms with E-state index in [0.717, 1.165) is 16.1 Å². The highest BCUT2D eigenvalue weighted by Gasteiger charge is 2.32. The summed E-state index contributed by atoms with van der Waals surface area (Å²) in [6.07, 6.45) is 1.40. The molecule has 0 bridgehead atoms. The van der Waals surface area contributed by atoms with Crippen molar-refractivity contribution < 1.29 is 22.7 Å². The number of nitrogens with zero attached hydrogens (tertiary/aromatic N) is 2. The molecular weight excluding hydrogens is 478 g/mol. The minimum atomic E-state index is -3.81. The van der Waals surface area contributed by atoms with Crippen molar-refractivity contribution in [1.29, 1.82) is 0 Å². The quantitative estimate of drug-likeness (QED) is 0.501. The first kappa shape index (κ1) is 27.5. The predicted molar refractivity (Wildman–Crippen MR) is 135 cm³/mol. The Labute approximate surface area is 206 Å². The van der Waals surface area contributed by atoms with Crippen LogP contribution in [0.5, 0.6) is 5.75 Å². The van der Waals surface area contributed by atoms with Gasteiger partial charge >= 0.3 is 0 Å². The number of carbonyl (C=O) groups excluding carboxylic acids is 2. The lowest BCUT2D eigenvalue weighted by Gasteiger charge is -2.33. The second-order valence-corrected chi connectivity index (χ2v) is 10.2. The Hall–Kier alpha value is -2.78. The highest BCUT2D eigenvalue weighted by Crippen LogP contribution is 2.26. The van der Waals surface area contributed by atoms with E-state index >= 15 is 0 Å². The van der Waals surface area contributed by atoms with Crippen LogP contribution in [0.3, 0.4) is 0 Å². The van der Waals surface area contributed by atoms with Gasteiger partial charge in [0.1, 0.15) is 18.3 Å². The summed E-state index contributed by atoms with van der Waals surface area (Å²) in [6.45, 7) is 5.40. The van der Waals surface area contributed by atoms with Gasteiger partial charge in [0.05, 0.1) is 19.1 Å². The fourth-order valence-electron chi connectivity index (χ4n) is 3.67. The number of sulfonamides is 1. The molecule has 186 valence electrons. The van der Waals surface area contributed by atoms with Crippen LogP contribution in [-0.4, -0.2) is 57.6 Å². The Morgan fingerprint density at radius 1 is 1.15 bits per heavy atom. The number of hydrogen-bond donors (Lipinski definition) is 1. The highest BCUT2D eigenvalue weighted by molar-refractivity contribution is 7.92. The average Bonchev–Trinajstić information content (AvgIpc) is 2.77. The maximum atomic E-state index is 13.6. The lowest BCUT2D eigenvalue weighted by molar-refractivity contribution is -0.140. The summed E-state index contributed by atoms with van der Waals surface area (Å²) in [5.41, 5.74) is 1.72. The number of ether oxygens (including phenoxy) is 1. The molecule has 0 aliphatic carbocycles. The summed E-state index contributed by atoms with van der Waals surface area (Å²) in [4.78, 5) is 27.8. The number of halogens is 1. The first-order valence-electron chi connectivity index (χ1n) is 11.0. The number of benzene rings is 2. The van der Waals surface area contributed by atoms with Crippen molar-refractivity contribution in [3.05, 3.63) is 58.6 Å². The SMILES string of the molecule is CCNC(=O)[C@@H](CC)N(Cc1cccc(OC)c1)C(=O)CN(c1ccc(Cl)cc1C)S(C)(=O)=O. The second-order valence-electron chi connectivity index (χ2n) is 7.89. The number of anilines is 1. The third kappa shape index (κ3) is 7.11. The first-order chi connectivity index (χ1) is 16.0. The van der Waals surface area contributed by atoms with Gasteiger partial charge in [0.15, 0.2) is 0 Å². The number of methoxy groups -OCH3 is 1. The third-order valence-electron chi connectivity index (χ3n) is 5.33. The summed E-state index contributed by atoms with van der Waals surface area (Å²) >= 11 is 6.03. The van der Waals surface area contributed by atoms with Crippen LogP contribution in [0.25, 0.3) is 0 Å². The van der Waals surface area contributed by atoms with Gasteiger partial charge in [0, 0.05) is 18.1 Å². The van der Waals surface area contributed by atoms with Gasteiger partial charge < -0.3 is 15.0 Å². The van der Waals surface area contributed by atoms with Crippen LogP contribution >= 0.6 is 11.6 Å². The Morgan fingerprint density at radius 2 is 1.85 bits per heavy atom. The largest absolute Gasteiger partial charge is 0.497 e. The van der Waals surface area contributed by atoms with Crippen LogP contribution in [0.4, 0.5) is 5.69 Å². The van der Waals surface area contributed by atoms with Crippen molar-refractivity contribution in [3.8, 4) is 5.75 Å². The zero-order chi connectivity index (χ0) is 25.5. The number of nitrogens with one attached hydrogen (secondary N) is 1. The maximum absolute atomic E-state index is 13.6. The van der Waals surface area contributed by atoms with Gasteiger partial charge in [-0.15, -0.1) is 0 Å². The number of rotatable bonds is 11. The van der Waals surface area contributed by atoms with Gasteiger partial charge in [-0.3, -0.25) is 13.9 Å². The number of likely N-dealkylation sites (N-methyl/N-ethyl adjacent to an activating group) is 1. The van der Waals surface area contributed by atoms with E-state index in [1.54, 1.807) is 57.4 Å². The normalized spacial score (nSPS) is 12.1. The molecule has 2 aromatic rings. The van der Waals surface area contributed by atoms with Gasteiger partial charge in [0.2, 0.25) is 21.8 Å². The molecule has 1 N–H and O–H groups in total. The molecular formula is C24H32ClN3O5S. The third-order valence-corrected chi connectivity index (χ3v) is 6.69. The van der Waals surface area contributed by atoms with E-state index in [-0.39, 0.29) is 12.5 Å². The smallest absolute Gasteiger partial charge is 0.244 e. The average molecular weight is 510 g/mol. The molecule has 0 radical (unpaired) electrons. The number of carbonyl (C=O) groups is 2. The molecule has 0 saturated heterocycles. The minimum absolute atomic E-state index is 0.114. The van der Waals surface area contributed by atoms with Crippen molar-refractivity contribution in [2.24, 2.45) is 0 Å². The number of hydrogen-bond acceptors (Lipinski definition) is 5. The van der Waals surface area contributed by atoms with Crippen LogP contribution in [0, 0.1) is 6.92 Å². The lowest BCUT2D eigenvalue weighted by atomic mass is 10.1. The lowest BCUT2D eigenvalue weighted by Crippen LogP contribution is -2.52. The van der Waals surface area contributed by atoms with E-state index in [9.17, 15) is 18.0 Å². The molecule has 0 saturated carbocycles. The molecule has 0 heterocycles. The molecule has 0 aliphatic rings. The van der Waals surface area contributed by atoms with Gasteiger partial charge in [0.25, 0.3) is 0 Å².